The molecule has 25 heavy (non-hydrogen) atoms. The Morgan fingerprint density at radius 3 is 2.16 bits per heavy atom. The van der Waals surface area contributed by atoms with E-state index in [1.807, 2.05) is 49.4 Å². The van der Waals surface area contributed by atoms with E-state index in [0.717, 1.165) is 11.3 Å². The monoisotopic (exact) mass is 334 g/mol. The van der Waals surface area contributed by atoms with Crippen LogP contribution in [0.1, 0.15) is 38.8 Å². The van der Waals surface area contributed by atoms with Gasteiger partial charge in [-0.15, -0.1) is 0 Å². The molecule has 0 heterocycles. The fourth-order valence-electron chi connectivity index (χ4n) is 2.83. The smallest absolute Gasteiger partial charge is 0.244 e. The van der Waals surface area contributed by atoms with Crippen molar-refractivity contribution in [2.75, 3.05) is 11.4 Å². The first-order valence-electron chi connectivity index (χ1n) is 8.72. The Labute approximate surface area is 150 Å². The number of anilines is 1. The van der Waals surface area contributed by atoms with Gasteiger partial charge in [-0.3, -0.25) is 4.79 Å². The summed E-state index contributed by atoms with van der Waals surface area (Å²) in [5.74, 6) is -0.822. The van der Waals surface area contributed by atoms with E-state index in [4.69, 9.17) is 0 Å². The van der Waals surface area contributed by atoms with Crippen LogP contribution in [0, 0.1) is 17.2 Å². The predicted octanol–water partition coefficient (Wildman–Crippen LogP) is 4.72. The molecule has 0 N–H and O–H groups in total. The molecule has 3 nitrogen and oxygen atoms in total. The lowest BCUT2D eigenvalue weighted by molar-refractivity contribution is -0.120. The summed E-state index contributed by atoms with van der Waals surface area (Å²) in [4.78, 5) is 14.5. The lowest BCUT2D eigenvalue weighted by Crippen LogP contribution is -2.36. The molecule has 0 bridgehead atoms. The van der Waals surface area contributed by atoms with Crippen LogP contribution in [0.2, 0.25) is 0 Å². The van der Waals surface area contributed by atoms with Gasteiger partial charge in [-0.05, 0) is 42.0 Å². The van der Waals surface area contributed by atoms with Gasteiger partial charge in [0.25, 0.3) is 0 Å². The lowest BCUT2D eigenvalue weighted by atomic mass is 9.86. The quantitative estimate of drug-likeness (QED) is 0.794. The number of carbonyl (C=O) groups is 1. The largest absolute Gasteiger partial charge is 0.312 e. The van der Waals surface area contributed by atoms with Crippen LogP contribution in [0.25, 0.3) is 0 Å². The highest BCUT2D eigenvalue weighted by molar-refractivity contribution is 5.96. The van der Waals surface area contributed by atoms with Crippen molar-refractivity contribution in [2.24, 2.45) is 5.92 Å². The van der Waals surface area contributed by atoms with Gasteiger partial charge in [0.05, 0.1) is 6.07 Å². The SMILES string of the molecule is CCN(C(=O)C(C#N)Cc1ccc(C(C)(C)C)cc1)c1ccccc1. The van der Waals surface area contributed by atoms with Crippen LogP contribution in [-0.4, -0.2) is 12.5 Å². The van der Waals surface area contributed by atoms with Gasteiger partial charge in [0.1, 0.15) is 5.92 Å². The van der Waals surface area contributed by atoms with E-state index in [1.165, 1.54) is 5.56 Å². The standard InChI is InChI=1S/C22H26N2O/c1-5-24(20-9-7-6-8-10-20)21(25)18(16-23)15-17-11-13-19(14-12-17)22(2,3)4/h6-14,18H,5,15H2,1-4H3. The molecular weight excluding hydrogens is 308 g/mol. The first-order chi connectivity index (χ1) is 11.9. The molecule has 0 aliphatic carbocycles. The van der Waals surface area contributed by atoms with Crippen LogP contribution < -0.4 is 4.90 Å². The Bertz CT molecular complexity index is 736. The number of nitrogens with zero attached hydrogens (tertiary/aromatic N) is 2. The average Bonchev–Trinajstić information content (AvgIpc) is 2.60. The number of rotatable bonds is 5. The second-order valence-corrected chi connectivity index (χ2v) is 7.25. The summed E-state index contributed by atoms with van der Waals surface area (Å²) in [6, 6.07) is 19.9. The molecular formula is C22H26N2O. The number of carbonyl (C=O) groups excluding carboxylic acids is 1. The number of hydrogen-bond donors (Lipinski definition) is 0. The number of para-hydroxylation sites is 1. The van der Waals surface area contributed by atoms with Crippen molar-refractivity contribution in [3.8, 4) is 6.07 Å². The molecule has 3 heteroatoms. The molecule has 0 aliphatic heterocycles. The van der Waals surface area contributed by atoms with E-state index in [9.17, 15) is 10.1 Å². The van der Waals surface area contributed by atoms with Gasteiger partial charge in [-0.25, -0.2) is 0 Å². The topological polar surface area (TPSA) is 44.1 Å². The van der Waals surface area contributed by atoms with E-state index in [-0.39, 0.29) is 11.3 Å². The summed E-state index contributed by atoms with van der Waals surface area (Å²) in [5, 5.41) is 9.54. The summed E-state index contributed by atoms with van der Waals surface area (Å²) in [7, 11) is 0. The Morgan fingerprint density at radius 1 is 1.08 bits per heavy atom. The van der Waals surface area contributed by atoms with E-state index in [2.05, 4.69) is 39.0 Å². The molecule has 2 aromatic rings. The zero-order valence-electron chi connectivity index (χ0n) is 15.5. The highest BCUT2D eigenvalue weighted by Crippen LogP contribution is 2.24. The molecule has 0 saturated heterocycles. The first kappa shape index (κ1) is 18.7. The summed E-state index contributed by atoms with van der Waals surface area (Å²) in [6.07, 6.45) is 0.434. The van der Waals surface area contributed by atoms with Crippen molar-refractivity contribution in [3.05, 3.63) is 65.7 Å². The maximum atomic E-state index is 12.8. The van der Waals surface area contributed by atoms with E-state index >= 15 is 0 Å². The van der Waals surface area contributed by atoms with Gasteiger partial charge in [-0.1, -0.05) is 63.2 Å². The van der Waals surface area contributed by atoms with Gasteiger partial charge in [0.2, 0.25) is 5.91 Å². The molecule has 2 rings (SSSR count). The van der Waals surface area contributed by atoms with Gasteiger partial charge in [-0.2, -0.15) is 5.26 Å². The maximum absolute atomic E-state index is 12.8. The average molecular weight is 334 g/mol. The maximum Gasteiger partial charge on any atom is 0.244 e. The summed E-state index contributed by atoms with van der Waals surface area (Å²) >= 11 is 0. The van der Waals surface area contributed by atoms with Crippen molar-refractivity contribution >= 4 is 11.6 Å². The van der Waals surface area contributed by atoms with Crippen LogP contribution in [0.5, 0.6) is 0 Å². The zero-order chi connectivity index (χ0) is 18.4. The van der Waals surface area contributed by atoms with Gasteiger partial charge < -0.3 is 4.90 Å². The van der Waals surface area contributed by atoms with E-state index in [0.29, 0.717) is 13.0 Å². The van der Waals surface area contributed by atoms with Crippen molar-refractivity contribution in [1.29, 1.82) is 5.26 Å². The molecule has 1 unspecified atom stereocenters. The molecule has 0 spiro atoms. The first-order valence-corrected chi connectivity index (χ1v) is 8.72. The van der Waals surface area contributed by atoms with Crippen LogP contribution in [-0.2, 0) is 16.6 Å². The van der Waals surface area contributed by atoms with Gasteiger partial charge >= 0.3 is 0 Å². The molecule has 0 aliphatic rings. The molecule has 2 aromatic carbocycles. The molecule has 0 aromatic heterocycles. The van der Waals surface area contributed by atoms with Gasteiger partial charge in [0, 0.05) is 12.2 Å². The Kier molecular flexibility index (Phi) is 5.98. The minimum Gasteiger partial charge on any atom is -0.312 e. The predicted molar refractivity (Wildman–Crippen MR) is 102 cm³/mol. The fraction of sp³-hybridized carbons (Fsp3) is 0.364. The molecule has 1 amide bonds. The lowest BCUT2D eigenvalue weighted by Gasteiger charge is -2.24. The van der Waals surface area contributed by atoms with Crippen molar-refractivity contribution in [3.63, 3.8) is 0 Å². The van der Waals surface area contributed by atoms with Crippen LogP contribution >= 0.6 is 0 Å². The molecule has 130 valence electrons. The number of amides is 1. The van der Waals surface area contributed by atoms with Crippen LogP contribution in [0.15, 0.2) is 54.6 Å². The highest BCUT2D eigenvalue weighted by atomic mass is 16.2. The fourth-order valence-corrected chi connectivity index (χ4v) is 2.83. The van der Waals surface area contributed by atoms with Crippen LogP contribution in [0.4, 0.5) is 5.69 Å². The third kappa shape index (κ3) is 4.70. The van der Waals surface area contributed by atoms with E-state index in [1.54, 1.807) is 4.90 Å². The van der Waals surface area contributed by atoms with Gasteiger partial charge in [0.15, 0.2) is 0 Å². The third-order valence-corrected chi connectivity index (χ3v) is 4.36. The second-order valence-electron chi connectivity index (χ2n) is 7.25. The molecule has 0 fully saturated rings. The second kappa shape index (κ2) is 7.98. The van der Waals surface area contributed by atoms with E-state index < -0.39 is 5.92 Å². The number of benzene rings is 2. The highest BCUT2D eigenvalue weighted by Gasteiger charge is 2.25. The summed E-state index contributed by atoms with van der Waals surface area (Å²) in [6.45, 7) is 8.98. The van der Waals surface area contributed by atoms with Crippen molar-refractivity contribution in [1.82, 2.24) is 0 Å². The summed E-state index contributed by atoms with van der Waals surface area (Å²) < 4.78 is 0. The Morgan fingerprint density at radius 2 is 1.68 bits per heavy atom. The third-order valence-electron chi connectivity index (χ3n) is 4.36. The van der Waals surface area contributed by atoms with Crippen molar-refractivity contribution < 1.29 is 4.79 Å². The molecule has 1 atom stereocenters. The molecule has 0 radical (unpaired) electrons. The van der Waals surface area contributed by atoms with Crippen LogP contribution in [0.3, 0.4) is 0 Å². The minimum absolute atomic E-state index is 0.0926. The zero-order valence-corrected chi connectivity index (χ0v) is 15.5. The Balaban J connectivity index is 2.16. The summed E-state index contributed by atoms with van der Waals surface area (Å²) in [5.41, 5.74) is 3.18. The normalized spacial score (nSPS) is 12.3. The Hall–Kier alpha value is -2.60. The molecule has 0 saturated carbocycles. The number of nitriles is 1. The minimum atomic E-state index is -0.680. The number of hydrogen-bond acceptors (Lipinski definition) is 2. The van der Waals surface area contributed by atoms with Crippen molar-refractivity contribution in [2.45, 2.75) is 39.5 Å².